The van der Waals surface area contributed by atoms with Crippen LogP contribution in [0.4, 0.5) is 0 Å². The van der Waals surface area contributed by atoms with Crippen molar-refractivity contribution in [2.24, 2.45) is 0 Å². The van der Waals surface area contributed by atoms with E-state index in [9.17, 15) is 8.42 Å². The standard InChI is InChI=1S/C9H20N2O3S/c1-2-8-15(12,13)9-3-10-11-4-6-14-7-5-11/h10H,2-9H2,1H3. The quantitative estimate of drug-likeness (QED) is 0.683. The van der Waals surface area contributed by atoms with Gasteiger partial charge in [0, 0.05) is 25.4 Å². The van der Waals surface area contributed by atoms with Crippen molar-refractivity contribution in [1.29, 1.82) is 0 Å². The van der Waals surface area contributed by atoms with Gasteiger partial charge >= 0.3 is 0 Å². The van der Waals surface area contributed by atoms with E-state index in [1.165, 1.54) is 0 Å². The molecule has 0 atom stereocenters. The van der Waals surface area contributed by atoms with Crippen molar-refractivity contribution in [3.8, 4) is 0 Å². The van der Waals surface area contributed by atoms with Crippen LogP contribution in [-0.2, 0) is 14.6 Å². The van der Waals surface area contributed by atoms with Gasteiger partial charge in [-0.25, -0.2) is 13.4 Å². The summed E-state index contributed by atoms with van der Waals surface area (Å²) in [5.74, 6) is 0.510. The van der Waals surface area contributed by atoms with Crippen LogP contribution in [0.15, 0.2) is 0 Å². The van der Waals surface area contributed by atoms with Crippen molar-refractivity contribution in [3.63, 3.8) is 0 Å². The Morgan fingerprint density at radius 1 is 1.27 bits per heavy atom. The van der Waals surface area contributed by atoms with Crippen LogP contribution in [0.5, 0.6) is 0 Å². The van der Waals surface area contributed by atoms with Crippen LogP contribution in [-0.4, -0.2) is 57.8 Å². The number of nitrogens with zero attached hydrogens (tertiary/aromatic N) is 1. The van der Waals surface area contributed by atoms with Gasteiger partial charge in [0.05, 0.1) is 19.0 Å². The molecule has 6 heteroatoms. The molecule has 0 aliphatic carbocycles. The van der Waals surface area contributed by atoms with Crippen LogP contribution >= 0.6 is 0 Å². The number of hydrogen-bond acceptors (Lipinski definition) is 5. The zero-order chi connectivity index (χ0) is 11.1. The number of hydrazine groups is 1. The zero-order valence-electron chi connectivity index (χ0n) is 9.24. The van der Waals surface area contributed by atoms with Gasteiger partial charge < -0.3 is 4.74 Å². The number of morpholine rings is 1. The molecule has 0 aromatic heterocycles. The van der Waals surface area contributed by atoms with Gasteiger partial charge in [0.2, 0.25) is 0 Å². The number of sulfone groups is 1. The van der Waals surface area contributed by atoms with E-state index in [2.05, 4.69) is 5.43 Å². The zero-order valence-corrected chi connectivity index (χ0v) is 10.1. The fourth-order valence-electron chi connectivity index (χ4n) is 1.49. The van der Waals surface area contributed by atoms with Crippen LogP contribution < -0.4 is 5.43 Å². The van der Waals surface area contributed by atoms with Crippen LogP contribution in [0.1, 0.15) is 13.3 Å². The molecular weight excluding hydrogens is 216 g/mol. The summed E-state index contributed by atoms with van der Waals surface area (Å²) >= 11 is 0. The molecule has 1 fully saturated rings. The molecule has 0 amide bonds. The molecule has 5 nitrogen and oxygen atoms in total. The van der Waals surface area contributed by atoms with E-state index in [-0.39, 0.29) is 11.5 Å². The second kappa shape index (κ2) is 6.42. The maximum absolute atomic E-state index is 11.4. The molecule has 15 heavy (non-hydrogen) atoms. The Morgan fingerprint density at radius 2 is 1.93 bits per heavy atom. The first-order valence-corrected chi connectivity index (χ1v) is 7.23. The molecule has 1 saturated heterocycles. The third-order valence-electron chi connectivity index (χ3n) is 2.27. The first-order valence-electron chi connectivity index (χ1n) is 5.40. The molecule has 1 rings (SSSR count). The first kappa shape index (κ1) is 12.9. The van der Waals surface area contributed by atoms with Gasteiger partial charge in [0.25, 0.3) is 0 Å². The minimum atomic E-state index is -2.85. The van der Waals surface area contributed by atoms with Crippen LogP contribution in [0.25, 0.3) is 0 Å². The molecule has 0 bridgehead atoms. The molecule has 0 radical (unpaired) electrons. The third kappa shape index (κ3) is 5.46. The summed E-state index contributed by atoms with van der Waals surface area (Å²) in [7, 11) is -2.85. The lowest BCUT2D eigenvalue weighted by molar-refractivity contribution is 0.0133. The summed E-state index contributed by atoms with van der Waals surface area (Å²) in [5.41, 5.74) is 3.11. The van der Waals surface area contributed by atoms with Gasteiger partial charge in [-0.2, -0.15) is 0 Å². The summed E-state index contributed by atoms with van der Waals surface area (Å²) in [6.45, 7) is 5.47. The van der Waals surface area contributed by atoms with E-state index in [1.807, 2.05) is 11.9 Å². The lowest BCUT2D eigenvalue weighted by Crippen LogP contribution is -2.47. The monoisotopic (exact) mass is 236 g/mol. The maximum atomic E-state index is 11.4. The summed E-state index contributed by atoms with van der Waals surface area (Å²) in [6, 6.07) is 0. The second-order valence-corrected chi connectivity index (χ2v) is 5.96. The minimum absolute atomic E-state index is 0.220. The van der Waals surface area contributed by atoms with E-state index in [0.29, 0.717) is 26.2 Å². The third-order valence-corrected chi connectivity index (χ3v) is 4.13. The number of nitrogens with one attached hydrogen (secondary N) is 1. The second-order valence-electron chi connectivity index (χ2n) is 3.66. The average Bonchev–Trinajstić information content (AvgIpc) is 2.19. The lowest BCUT2D eigenvalue weighted by atomic mass is 10.5. The predicted octanol–water partition coefficient (Wildman–Crippen LogP) is -0.352. The molecule has 0 aromatic carbocycles. The highest BCUT2D eigenvalue weighted by Gasteiger charge is 2.12. The predicted molar refractivity (Wildman–Crippen MR) is 59.3 cm³/mol. The largest absolute Gasteiger partial charge is 0.379 e. The molecule has 0 spiro atoms. The Balaban J connectivity index is 2.14. The number of ether oxygens (including phenoxy) is 1. The molecule has 1 aliphatic heterocycles. The van der Waals surface area contributed by atoms with Crippen LogP contribution in [0.3, 0.4) is 0 Å². The van der Waals surface area contributed by atoms with Crippen LogP contribution in [0, 0.1) is 0 Å². The fraction of sp³-hybridized carbons (Fsp3) is 1.00. The van der Waals surface area contributed by atoms with Gasteiger partial charge in [-0.1, -0.05) is 6.92 Å². The van der Waals surface area contributed by atoms with Gasteiger partial charge in [-0.15, -0.1) is 0 Å². The van der Waals surface area contributed by atoms with Gasteiger partial charge in [-0.05, 0) is 6.42 Å². The van der Waals surface area contributed by atoms with Crippen molar-refractivity contribution >= 4 is 9.84 Å². The average molecular weight is 236 g/mol. The molecular formula is C9H20N2O3S. The van der Waals surface area contributed by atoms with E-state index in [1.54, 1.807) is 0 Å². The van der Waals surface area contributed by atoms with E-state index >= 15 is 0 Å². The summed E-state index contributed by atoms with van der Waals surface area (Å²) < 4.78 is 28.0. The highest BCUT2D eigenvalue weighted by molar-refractivity contribution is 7.91. The summed E-state index contributed by atoms with van der Waals surface area (Å²) in [5, 5.41) is 2.02. The van der Waals surface area contributed by atoms with Gasteiger partial charge in [0.15, 0.2) is 9.84 Å². The SMILES string of the molecule is CCCS(=O)(=O)CCNN1CCOCC1. The Morgan fingerprint density at radius 3 is 2.53 bits per heavy atom. The van der Waals surface area contributed by atoms with Crippen molar-refractivity contribution in [3.05, 3.63) is 0 Å². The first-order chi connectivity index (χ1) is 7.14. The maximum Gasteiger partial charge on any atom is 0.151 e. The van der Waals surface area contributed by atoms with E-state index < -0.39 is 9.84 Å². The van der Waals surface area contributed by atoms with Crippen molar-refractivity contribution in [1.82, 2.24) is 10.4 Å². The van der Waals surface area contributed by atoms with Gasteiger partial charge in [-0.3, -0.25) is 5.43 Å². The van der Waals surface area contributed by atoms with Crippen molar-refractivity contribution in [2.75, 3.05) is 44.4 Å². The Kier molecular flexibility index (Phi) is 5.52. The topological polar surface area (TPSA) is 58.6 Å². The van der Waals surface area contributed by atoms with Crippen LogP contribution in [0.2, 0.25) is 0 Å². The van der Waals surface area contributed by atoms with E-state index in [4.69, 9.17) is 4.74 Å². The summed E-state index contributed by atoms with van der Waals surface area (Å²) in [4.78, 5) is 0. The molecule has 1 heterocycles. The Labute approximate surface area is 91.7 Å². The van der Waals surface area contributed by atoms with E-state index in [0.717, 1.165) is 13.1 Å². The molecule has 0 aromatic rings. The normalized spacial score (nSPS) is 19.3. The van der Waals surface area contributed by atoms with Crippen molar-refractivity contribution < 1.29 is 13.2 Å². The minimum Gasteiger partial charge on any atom is -0.379 e. The molecule has 1 N–H and O–H groups in total. The number of rotatable bonds is 6. The summed E-state index contributed by atoms with van der Waals surface area (Å²) in [6.07, 6.45) is 0.694. The molecule has 0 unspecified atom stereocenters. The smallest absolute Gasteiger partial charge is 0.151 e. The lowest BCUT2D eigenvalue weighted by Gasteiger charge is -2.27. The highest BCUT2D eigenvalue weighted by atomic mass is 32.2. The fourth-order valence-corrected chi connectivity index (χ4v) is 2.72. The molecule has 90 valence electrons. The highest BCUT2D eigenvalue weighted by Crippen LogP contribution is 1.95. The number of hydrogen-bond donors (Lipinski definition) is 1. The Bertz CT molecular complexity index is 261. The Hall–Kier alpha value is -0.170. The molecule has 0 saturated carbocycles. The van der Waals surface area contributed by atoms with Gasteiger partial charge in [0.1, 0.15) is 0 Å². The molecule has 1 aliphatic rings. The van der Waals surface area contributed by atoms with Crippen molar-refractivity contribution in [2.45, 2.75) is 13.3 Å².